The molecular weight excluding hydrogens is 248 g/mol. The maximum absolute atomic E-state index is 10.7. The molecule has 2 rings (SSSR count). The Labute approximate surface area is 96.4 Å². The maximum atomic E-state index is 10.7. The van der Waals surface area contributed by atoms with Gasteiger partial charge in [-0.15, -0.1) is 19.8 Å². The van der Waals surface area contributed by atoms with Crippen molar-refractivity contribution in [2.45, 2.75) is 4.90 Å². The fraction of sp³-hybridized carbons (Fsp3) is 0. The second-order valence-corrected chi connectivity index (χ2v) is 6.04. The molecule has 0 N–H and O–H groups in total. The van der Waals surface area contributed by atoms with E-state index in [1.165, 1.54) is 0 Å². The first-order valence-corrected chi connectivity index (χ1v) is 7.46. The van der Waals surface area contributed by atoms with Crippen molar-refractivity contribution in [2.75, 3.05) is 0 Å². The summed E-state index contributed by atoms with van der Waals surface area (Å²) in [6.45, 7) is 0. The molecule has 0 saturated carbocycles. The quantitative estimate of drug-likeness (QED) is 0.773. The number of hydrogen-bond acceptors (Lipinski definition) is 3. The molecule has 0 atom stereocenters. The average Bonchev–Trinajstić information content (AvgIpc) is 2.70. The number of benzene rings is 1. The lowest BCUT2D eigenvalue weighted by molar-refractivity contribution is 0.628. The SMILES string of the molecule is O=S(=O)=[S+]c1ccccc1-c1cccs1. The molecule has 15 heavy (non-hydrogen) atoms. The number of rotatable bonds is 2. The molecule has 0 fully saturated rings. The van der Waals surface area contributed by atoms with E-state index in [0.717, 1.165) is 25.7 Å². The summed E-state index contributed by atoms with van der Waals surface area (Å²) < 4.78 is 21.3. The van der Waals surface area contributed by atoms with Gasteiger partial charge >= 0.3 is 19.6 Å². The van der Waals surface area contributed by atoms with Crippen LogP contribution in [0.15, 0.2) is 46.7 Å². The summed E-state index contributed by atoms with van der Waals surface area (Å²) in [6, 6.07) is 11.4. The molecule has 5 heteroatoms. The molecule has 2 aromatic rings. The Morgan fingerprint density at radius 3 is 2.53 bits per heavy atom. The third-order valence-electron chi connectivity index (χ3n) is 1.83. The van der Waals surface area contributed by atoms with Gasteiger partial charge in [-0.3, -0.25) is 0 Å². The Kier molecular flexibility index (Phi) is 3.25. The summed E-state index contributed by atoms with van der Waals surface area (Å²) in [7, 11) is -1.27. The van der Waals surface area contributed by atoms with Crippen LogP contribution in [0.25, 0.3) is 10.4 Å². The molecule has 0 saturated heterocycles. The highest BCUT2D eigenvalue weighted by molar-refractivity contribution is 8.24. The van der Waals surface area contributed by atoms with Crippen LogP contribution in [0.5, 0.6) is 0 Å². The number of thiophene rings is 1. The van der Waals surface area contributed by atoms with Crippen molar-refractivity contribution >= 4 is 30.9 Å². The first-order chi connectivity index (χ1) is 7.27. The first kappa shape index (κ1) is 10.5. The summed E-state index contributed by atoms with van der Waals surface area (Å²) in [5, 5.41) is 1.98. The highest BCUT2D eigenvalue weighted by atomic mass is 32.8. The van der Waals surface area contributed by atoms with Crippen molar-refractivity contribution in [3.8, 4) is 10.4 Å². The molecule has 0 spiro atoms. The van der Waals surface area contributed by atoms with Crippen molar-refractivity contribution in [3.63, 3.8) is 0 Å². The highest BCUT2D eigenvalue weighted by Gasteiger charge is 2.14. The van der Waals surface area contributed by atoms with E-state index in [4.69, 9.17) is 0 Å². The minimum absolute atomic E-state index is 0.772. The van der Waals surface area contributed by atoms with Gasteiger partial charge in [-0.05, 0) is 17.5 Å². The zero-order chi connectivity index (χ0) is 10.7. The number of hydrogen-bond donors (Lipinski definition) is 0. The van der Waals surface area contributed by atoms with Gasteiger partial charge in [-0.1, -0.05) is 18.2 Å². The highest BCUT2D eigenvalue weighted by Crippen LogP contribution is 2.28. The van der Waals surface area contributed by atoms with Gasteiger partial charge in [-0.2, -0.15) is 0 Å². The molecule has 0 aliphatic carbocycles. The molecule has 0 unspecified atom stereocenters. The van der Waals surface area contributed by atoms with E-state index in [-0.39, 0.29) is 0 Å². The van der Waals surface area contributed by atoms with Crippen LogP contribution in [0.2, 0.25) is 0 Å². The summed E-state index contributed by atoms with van der Waals surface area (Å²) in [5.74, 6) is 0. The summed E-state index contributed by atoms with van der Waals surface area (Å²) in [6.07, 6.45) is 0. The van der Waals surface area contributed by atoms with Gasteiger partial charge < -0.3 is 0 Å². The lowest BCUT2D eigenvalue weighted by atomic mass is 10.2. The Hall–Kier alpha value is -1.04. The van der Waals surface area contributed by atoms with E-state index in [1.54, 1.807) is 11.3 Å². The fourth-order valence-corrected chi connectivity index (χ4v) is 3.50. The molecule has 76 valence electrons. The monoisotopic (exact) mass is 255 g/mol. The Morgan fingerprint density at radius 2 is 1.87 bits per heavy atom. The predicted octanol–water partition coefficient (Wildman–Crippen LogP) is 2.65. The van der Waals surface area contributed by atoms with Crippen LogP contribution in [0.4, 0.5) is 0 Å². The van der Waals surface area contributed by atoms with E-state index in [0.29, 0.717) is 0 Å². The lowest BCUT2D eigenvalue weighted by Gasteiger charge is -1.92. The third-order valence-corrected chi connectivity index (χ3v) is 4.35. The van der Waals surface area contributed by atoms with Crippen LogP contribution in [-0.2, 0) is 19.6 Å². The first-order valence-electron chi connectivity index (χ1n) is 4.18. The predicted molar refractivity (Wildman–Crippen MR) is 64.3 cm³/mol. The van der Waals surface area contributed by atoms with Crippen molar-refractivity contribution in [2.24, 2.45) is 0 Å². The molecule has 1 aromatic heterocycles. The van der Waals surface area contributed by atoms with Gasteiger partial charge in [0.2, 0.25) is 0 Å². The van der Waals surface area contributed by atoms with Gasteiger partial charge in [0.1, 0.15) is 0 Å². The smallest absolute Gasteiger partial charge is 0.144 e. The molecule has 0 amide bonds. The van der Waals surface area contributed by atoms with Gasteiger partial charge in [0.05, 0.1) is 5.56 Å². The third kappa shape index (κ3) is 2.50. The molecular formula is C10H7O2S3+. The van der Waals surface area contributed by atoms with Gasteiger partial charge in [0.15, 0.2) is 0 Å². The van der Waals surface area contributed by atoms with E-state index in [9.17, 15) is 8.42 Å². The molecule has 1 aromatic carbocycles. The minimum atomic E-state index is -2.12. The van der Waals surface area contributed by atoms with Gasteiger partial charge in [0, 0.05) is 10.9 Å². The molecule has 0 bridgehead atoms. The largest absolute Gasteiger partial charge is 0.478 e. The molecule has 0 aliphatic heterocycles. The second kappa shape index (κ2) is 4.65. The Bertz CT molecular complexity index is 575. The summed E-state index contributed by atoms with van der Waals surface area (Å²) in [4.78, 5) is 1.86. The Balaban J connectivity index is 2.62. The fourth-order valence-electron chi connectivity index (χ4n) is 1.25. The van der Waals surface area contributed by atoms with E-state index < -0.39 is 9.26 Å². The topological polar surface area (TPSA) is 34.1 Å². The molecule has 2 nitrogen and oxygen atoms in total. The zero-order valence-electron chi connectivity index (χ0n) is 7.58. The van der Waals surface area contributed by atoms with Gasteiger partial charge in [0.25, 0.3) is 4.90 Å². The summed E-state index contributed by atoms with van der Waals surface area (Å²) in [5.41, 5.74) is 0.974. The average molecular weight is 255 g/mol. The normalized spacial score (nSPS) is 9.87. The molecule has 0 radical (unpaired) electrons. The molecule has 1 heterocycles. The zero-order valence-corrected chi connectivity index (χ0v) is 10.0. The van der Waals surface area contributed by atoms with Crippen LogP contribution < -0.4 is 0 Å². The van der Waals surface area contributed by atoms with Crippen molar-refractivity contribution in [1.82, 2.24) is 0 Å². The minimum Gasteiger partial charge on any atom is -0.144 e. The standard InChI is InChI=1S/C10H7O2S3/c11-15(12)14-10-5-2-1-4-8(10)9-6-3-7-13-9/h1-7H/q+1. The van der Waals surface area contributed by atoms with Crippen LogP contribution in [0.1, 0.15) is 0 Å². The maximum Gasteiger partial charge on any atom is 0.478 e. The van der Waals surface area contributed by atoms with Crippen molar-refractivity contribution < 1.29 is 8.42 Å². The van der Waals surface area contributed by atoms with E-state index in [2.05, 4.69) is 0 Å². The summed E-state index contributed by atoms with van der Waals surface area (Å²) >= 11 is 1.60. The van der Waals surface area contributed by atoms with E-state index in [1.807, 2.05) is 41.8 Å². The Morgan fingerprint density at radius 1 is 1.07 bits per heavy atom. The molecule has 0 aliphatic rings. The second-order valence-electron chi connectivity index (χ2n) is 2.76. The van der Waals surface area contributed by atoms with Crippen LogP contribution in [0, 0.1) is 0 Å². The van der Waals surface area contributed by atoms with E-state index >= 15 is 0 Å². The van der Waals surface area contributed by atoms with Crippen molar-refractivity contribution in [3.05, 3.63) is 41.8 Å². The van der Waals surface area contributed by atoms with Gasteiger partial charge in [-0.25, -0.2) is 0 Å². The van der Waals surface area contributed by atoms with Crippen LogP contribution >= 0.6 is 11.3 Å². The van der Waals surface area contributed by atoms with Crippen molar-refractivity contribution in [1.29, 1.82) is 0 Å². The van der Waals surface area contributed by atoms with Crippen LogP contribution in [0.3, 0.4) is 0 Å². The lowest BCUT2D eigenvalue weighted by Crippen LogP contribution is -1.80. The van der Waals surface area contributed by atoms with Crippen LogP contribution in [-0.4, -0.2) is 8.42 Å².